The van der Waals surface area contributed by atoms with Gasteiger partial charge in [-0.05, 0) is 19.8 Å². The van der Waals surface area contributed by atoms with Crippen molar-refractivity contribution in [1.82, 2.24) is 14.1 Å². The zero-order chi connectivity index (χ0) is 15.7. The molecule has 21 heavy (non-hydrogen) atoms. The van der Waals surface area contributed by atoms with Crippen LogP contribution in [0.25, 0.3) is 0 Å². The highest BCUT2D eigenvalue weighted by atomic mass is 32.2. The molecule has 0 spiro atoms. The van der Waals surface area contributed by atoms with Crippen molar-refractivity contribution in [2.24, 2.45) is 0 Å². The summed E-state index contributed by atoms with van der Waals surface area (Å²) >= 11 is 0. The molecule has 2 heterocycles. The van der Waals surface area contributed by atoms with Gasteiger partial charge in [0.1, 0.15) is 0 Å². The molecule has 0 unspecified atom stereocenters. The Morgan fingerprint density at radius 2 is 1.62 bits per heavy atom. The monoisotopic (exact) mass is 319 g/mol. The second kappa shape index (κ2) is 6.20. The molecule has 1 N–H and O–H groups in total. The number of hydrogen-bond donors (Lipinski definition) is 1. The molecule has 0 aromatic rings. The Bertz CT molecular complexity index is 474. The van der Waals surface area contributed by atoms with Crippen molar-refractivity contribution < 1.29 is 18.3 Å². The lowest BCUT2D eigenvalue weighted by Crippen LogP contribution is -2.53. The highest BCUT2D eigenvalue weighted by molar-refractivity contribution is 7.88. The fourth-order valence-corrected chi connectivity index (χ4v) is 3.58. The molecule has 122 valence electrons. The van der Waals surface area contributed by atoms with E-state index in [0.29, 0.717) is 45.6 Å². The normalized spacial score (nSPS) is 25.0. The Balaban J connectivity index is 1.78. The summed E-state index contributed by atoms with van der Waals surface area (Å²) < 4.78 is 24.3. The van der Waals surface area contributed by atoms with Gasteiger partial charge in [-0.1, -0.05) is 0 Å². The van der Waals surface area contributed by atoms with E-state index in [0.717, 1.165) is 13.1 Å². The zero-order valence-electron chi connectivity index (χ0n) is 12.8. The average molecular weight is 319 g/mol. The third kappa shape index (κ3) is 4.64. The molecular weight excluding hydrogens is 294 g/mol. The number of amides is 1. The SMILES string of the molecule is CC1(O)CCN(CC(=O)N2CCN(S(C)(=O)=O)CC2)CC1. The van der Waals surface area contributed by atoms with E-state index in [1.165, 1.54) is 10.6 Å². The van der Waals surface area contributed by atoms with Crippen molar-refractivity contribution in [2.45, 2.75) is 25.4 Å². The van der Waals surface area contributed by atoms with Gasteiger partial charge in [-0.2, -0.15) is 4.31 Å². The fourth-order valence-electron chi connectivity index (χ4n) is 2.75. The van der Waals surface area contributed by atoms with Crippen LogP contribution in [0.5, 0.6) is 0 Å². The second-order valence-corrected chi connectivity index (χ2v) is 8.30. The van der Waals surface area contributed by atoms with E-state index < -0.39 is 15.6 Å². The molecule has 2 rings (SSSR count). The maximum absolute atomic E-state index is 12.2. The highest BCUT2D eigenvalue weighted by Gasteiger charge is 2.30. The Morgan fingerprint density at radius 3 is 2.10 bits per heavy atom. The first kappa shape index (κ1) is 16.7. The summed E-state index contributed by atoms with van der Waals surface area (Å²) in [5, 5.41) is 9.90. The van der Waals surface area contributed by atoms with Gasteiger partial charge in [0.05, 0.1) is 18.4 Å². The Kier molecular flexibility index (Phi) is 4.92. The number of carbonyl (C=O) groups is 1. The van der Waals surface area contributed by atoms with E-state index in [4.69, 9.17) is 0 Å². The smallest absolute Gasteiger partial charge is 0.236 e. The molecule has 2 saturated heterocycles. The highest BCUT2D eigenvalue weighted by Crippen LogP contribution is 2.21. The molecule has 0 atom stereocenters. The van der Waals surface area contributed by atoms with Crippen LogP contribution < -0.4 is 0 Å². The van der Waals surface area contributed by atoms with Crippen LogP contribution in [0, 0.1) is 0 Å². The van der Waals surface area contributed by atoms with Crippen LogP contribution in [0.4, 0.5) is 0 Å². The molecule has 8 heteroatoms. The van der Waals surface area contributed by atoms with Gasteiger partial charge >= 0.3 is 0 Å². The standard InChI is InChI=1S/C13H25N3O4S/c1-13(18)3-5-14(6-4-13)11-12(17)15-7-9-16(10-8-15)21(2,19)20/h18H,3-11H2,1-2H3. The van der Waals surface area contributed by atoms with Crippen LogP contribution >= 0.6 is 0 Å². The van der Waals surface area contributed by atoms with Gasteiger partial charge in [-0.25, -0.2) is 8.42 Å². The quantitative estimate of drug-likeness (QED) is 0.717. The molecule has 2 aliphatic rings. The van der Waals surface area contributed by atoms with E-state index >= 15 is 0 Å². The van der Waals surface area contributed by atoms with Crippen molar-refractivity contribution in [3.05, 3.63) is 0 Å². The number of piperazine rings is 1. The number of hydrogen-bond acceptors (Lipinski definition) is 5. The molecule has 0 aromatic heterocycles. The van der Waals surface area contributed by atoms with Crippen molar-refractivity contribution in [3.63, 3.8) is 0 Å². The molecular formula is C13H25N3O4S. The van der Waals surface area contributed by atoms with E-state index in [2.05, 4.69) is 4.90 Å². The van der Waals surface area contributed by atoms with Gasteiger partial charge in [-0.15, -0.1) is 0 Å². The maximum atomic E-state index is 12.2. The Morgan fingerprint density at radius 1 is 1.10 bits per heavy atom. The van der Waals surface area contributed by atoms with Crippen molar-refractivity contribution in [2.75, 3.05) is 52.1 Å². The van der Waals surface area contributed by atoms with Crippen LogP contribution in [0.3, 0.4) is 0 Å². The van der Waals surface area contributed by atoms with Gasteiger partial charge in [0.15, 0.2) is 0 Å². The maximum Gasteiger partial charge on any atom is 0.236 e. The summed E-state index contributed by atoms with van der Waals surface area (Å²) in [7, 11) is -3.16. The van der Waals surface area contributed by atoms with E-state index in [9.17, 15) is 18.3 Å². The molecule has 0 radical (unpaired) electrons. The van der Waals surface area contributed by atoms with E-state index in [-0.39, 0.29) is 5.91 Å². The van der Waals surface area contributed by atoms with E-state index in [1.807, 2.05) is 6.92 Å². The van der Waals surface area contributed by atoms with Gasteiger partial charge in [0.2, 0.25) is 15.9 Å². The summed E-state index contributed by atoms with van der Waals surface area (Å²) in [6, 6.07) is 0. The summed E-state index contributed by atoms with van der Waals surface area (Å²) in [5.41, 5.74) is -0.610. The number of likely N-dealkylation sites (tertiary alicyclic amines) is 1. The minimum atomic E-state index is -3.16. The molecule has 0 aliphatic carbocycles. The average Bonchev–Trinajstić information content (AvgIpc) is 2.40. The van der Waals surface area contributed by atoms with E-state index in [1.54, 1.807) is 4.90 Å². The number of nitrogens with zero attached hydrogens (tertiary/aromatic N) is 3. The lowest BCUT2D eigenvalue weighted by atomic mass is 9.94. The Labute approximate surface area is 126 Å². The molecule has 0 bridgehead atoms. The second-order valence-electron chi connectivity index (χ2n) is 6.32. The Hall–Kier alpha value is -0.700. The number of aliphatic hydroxyl groups is 1. The molecule has 2 fully saturated rings. The van der Waals surface area contributed by atoms with Gasteiger partial charge < -0.3 is 10.0 Å². The van der Waals surface area contributed by atoms with Gasteiger partial charge in [0.25, 0.3) is 0 Å². The summed E-state index contributed by atoms with van der Waals surface area (Å²) in [6.45, 7) is 5.29. The lowest BCUT2D eigenvalue weighted by Gasteiger charge is -2.38. The van der Waals surface area contributed by atoms with Gasteiger partial charge in [-0.3, -0.25) is 9.69 Å². The fraction of sp³-hybridized carbons (Fsp3) is 0.923. The first-order chi connectivity index (χ1) is 9.67. The van der Waals surface area contributed by atoms with Crippen molar-refractivity contribution in [1.29, 1.82) is 0 Å². The van der Waals surface area contributed by atoms with Crippen LogP contribution in [-0.2, 0) is 14.8 Å². The topological polar surface area (TPSA) is 81.2 Å². The number of sulfonamides is 1. The predicted molar refractivity (Wildman–Crippen MR) is 79.3 cm³/mol. The third-order valence-electron chi connectivity index (χ3n) is 4.35. The first-order valence-electron chi connectivity index (χ1n) is 7.35. The predicted octanol–water partition coefficient (Wildman–Crippen LogP) is -1.06. The largest absolute Gasteiger partial charge is 0.390 e. The number of rotatable bonds is 3. The minimum Gasteiger partial charge on any atom is -0.390 e. The molecule has 0 saturated carbocycles. The minimum absolute atomic E-state index is 0.0460. The summed E-state index contributed by atoms with van der Waals surface area (Å²) in [4.78, 5) is 16.0. The van der Waals surface area contributed by atoms with Crippen LogP contribution in [-0.4, -0.2) is 91.2 Å². The number of piperidine rings is 1. The van der Waals surface area contributed by atoms with Crippen LogP contribution in [0.1, 0.15) is 19.8 Å². The number of carbonyl (C=O) groups excluding carboxylic acids is 1. The zero-order valence-corrected chi connectivity index (χ0v) is 13.6. The lowest BCUT2D eigenvalue weighted by molar-refractivity contribution is -0.134. The van der Waals surface area contributed by atoms with Gasteiger partial charge in [0, 0.05) is 39.3 Å². The summed E-state index contributed by atoms with van der Waals surface area (Å²) in [5.74, 6) is 0.0460. The molecule has 1 amide bonds. The van der Waals surface area contributed by atoms with Crippen LogP contribution in [0.2, 0.25) is 0 Å². The summed E-state index contributed by atoms with van der Waals surface area (Å²) in [6.07, 6.45) is 2.56. The third-order valence-corrected chi connectivity index (χ3v) is 5.66. The van der Waals surface area contributed by atoms with Crippen molar-refractivity contribution >= 4 is 15.9 Å². The molecule has 0 aromatic carbocycles. The first-order valence-corrected chi connectivity index (χ1v) is 9.20. The van der Waals surface area contributed by atoms with Crippen molar-refractivity contribution in [3.8, 4) is 0 Å². The molecule has 7 nitrogen and oxygen atoms in total. The van der Waals surface area contributed by atoms with Crippen LogP contribution in [0.15, 0.2) is 0 Å². The molecule has 2 aliphatic heterocycles.